The van der Waals surface area contributed by atoms with Gasteiger partial charge >= 0.3 is 0 Å². The Kier molecular flexibility index (Phi) is 6.00. The average molecular weight is 252 g/mol. The quantitative estimate of drug-likeness (QED) is 0.709. The van der Waals surface area contributed by atoms with Crippen molar-refractivity contribution in [3.8, 4) is 11.5 Å². The monoisotopic (exact) mass is 252 g/mol. The Bertz CT molecular complexity index is 394. The Morgan fingerprint density at radius 3 is 2.61 bits per heavy atom. The van der Waals surface area contributed by atoms with Gasteiger partial charge in [-0.3, -0.25) is 4.79 Å². The molecule has 0 aromatic heterocycles. The van der Waals surface area contributed by atoms with E-state index in [0.29, 0.717) is 13.1 Å². The minimum atomic E-state index is -0.0150. The molecule has 5 nitrogen and oxygen atoms in total. The predicted molar refractivity (Wildman–Crippen MR) is 69.9 cm³/mol. The van der Waals surface area contributed by atoms with E-state index in [-0.39, 0.29) is 5.91 Å². The maximum atomic E-state index is 10.7. The van der Waals surface area contributed by atoms with Crippen LogP contribution >= 0.6 is 0 Å². The maximum Gasteiger partial charge on any atom is 0.216 e. The zero-order chi connectivity index (χ0) is 13.4. The van der Waals surface area contributed by atoms with Gasteiger partial charge in [0.25, 0.3) is 0 Å². The summed E-state index contributed by atoms with van der Waals surface area (Å²) < 4.78 is 10.4. The maximum absolute atomic E-state index is 10.7. The lowest BCUT2D eigenvalue weighted by Crippen LogP contribution is -2.29. The van der Waals surface area contributed by atoms with Crippen molar-refractivity contribution in [2.24, 2.45) is 0 Å². The molecule has 100 valence electrons. The molecular weight excluding hydrogens is 232 g/mol. The van der Waals surface area contributed by atoms with Gasteiger partial charge in [0.1, 0.15) is 11.5 Å². The molecule has 0 aliphatic heterocycles. The second-order valence-electron chi connectivity index (χ2n) is 3.84. The number of ether oxygens (including phenoxy) is 2. The summed E-state index contributed by atoms with van der Waals surface area (Å²) in [4.78, 5) is 10.7. The van der Waals surface area contributed by atoms with E-state index in [0.717, 1.165) is 23.6 Å². The Morgan fingerprint density at radius 2 is 2.00 bits per heavy atom. The number of methoxy groups -OCH3 is 2. The molecule has 0 bridgehead atoms. The Balaban J connectivity index is 2.44. The lowest BCUT2D eigenvalue weighted by Gasteiger charge is -2.11. The standard InChI is InChI=1S/C13H20N2O3/c1-10(16)15-7-6-14-9-11-4-5-12(17-2)8-13(11)18-3/h4-5,8,14H,6-7,9H2,1-3H3,(H,15,16). The van der Waals surface area contributed by atoms with Crippen LogP contribution in [0.2, 0.25) is 0 Å². The van der Waals surface area contributed by atoms with Gasteiger partial charge in [-0.1, -0.05) is 6.07 Å². The lowest BCUT2D eigenvalue weighted by molar-refractivity contribution is -0.118. The average Bonchev–Trinajstić information content (AvgIpc) is 2.38. The second kappa shape index (κ2) is 7.55. The van der Waals surface area contributed by atoms with Crippen LogP contribution in [0, 0.1) is 0 Å². The number of carbonyl (C=O) groups excluding carboxylic acids is 1. The molecule has 1 rings (SSSR count). The first-order valence-corrected chi connectivity index (χ1v) is 5.83. The van der Waals surface area contributed by atoms with Gasteiger partial charge in [-0.15, -0.1) is 0 Å². The fraction of sp³-hybridized carbons (Fsp3) is 0.462. The highest BCUT2D eigenvalue weighted by molar-refractivity contribution is 5.72. The van der Waals surface area contributed by atoms with Crippen LogP contribution in [0.1, 0.15) is 12.5 Å². The van der Waals surface area contributed by atoms with Crippen molar-refractivity contribution in [1.29, 1.82) is 0 Å². The molecule has 0 heterocycles. The molecule has 5 heteroatoms. The third-order valence-corrected chi connectivity index (χ3v) is 2.49. The summed E-state index contributed by atoms with van der Waals surface area (Å²) in [5, 5.41) is 5.96. The lowest BCUT2D eigenvalue weighted by atomic mass is 10.2. The highest BCUT2D eigenvalue weighted by Gasteiger charge is 2.04. The van der Waals surface area contributed by atoms with E-state index >= 15 is 0 Å². The van der Waals surface area contributed by atoms with E-state index < -0.39 is 0 Å². The molecule has 0 atom stereocenters. The van der Waals surface area contributed by atoms with Crippen LogP contribution in [-0.4, -0.2) is 33.2 Å². The molecule has 18 heavy (non-hydrogen) atoms. The van der Waals surface area contributed by atoms with Crippen LogP contribution in [0.4, 0.5) is 0 Å². The number of amides is 1. The Labute approximate surface area is 107 Å². The summed E-state index contributed by atoms with van der Waals surface area (Å²) >= 11 is 0. The second-order valence-corrected chi connectivity index (χ2v) is 3.84. The number of rotatable bonds is 7. The van der Waals surface area contributed by atoms with Crippen LogP contribution in [0.25, 0.3) is 0 Å². The Hall–Kier alpha value is -1.75. The minimum Gasteiger partial charge on any atom is -0.497 e. The fourth-order valence-corrected chi connectivity index (χ4v) is 1.55. The molecule has 1 aromatic carbocycles. The van der Waals surface area contributed by atoms with Crippen molar-refractivity contribution < 1.29 is 14.3 Å². The first-order valence-electron chi connectivity index (χ1n) is 5.83. The molecule has 0 saturated carbocycles. The summed E-state index contributed by atoms with van der Waals surface area (Å²) in [6.45, 7) is 3.53. The van der Waals surface area contributed by atoms with E-state index in [1.807, 2.05) is 18.2 Å². The van der Waals surface area contributed by atoms with Crippen LogP contribution < -0.4 is 20.1 Å². The van der Waals surface area contributed by atoms with Crippen molar-refractivity contribution in [3.05, 3.63) is 23.8 Å². The number of hydrogen-bond acceptors (Lipinski definition) is 4. The summed E-state index contributed by atoms with van der Waals surface area (Å²) in [6, 6.07) is 5.71. The highest BCUT2D eigenvalue weighted by Crippen LogP contribution is 2.24. The van der Waals surface area contributed by atoms with Gasteiger partial charge in [0.05, 0.1) is 14.2 Å². The molecule has 0 aliphatic rings. The first kappa shape index (κ1) is 14.3. The van der Waals surface area contributed by atoms with Crippen molar-refractivity contribution in [2.75, 3.05) is 27.3 Å². The summed E-state index contributed by atoms with van der Waals surface area (Å²) in [7, 11) is 3.26. The normalized spacial score (nSPS) is 9.94. The van der Waals surface area contributed by atoms with Crippen LogP contribution in [0.3, 0.4) is 0 Å². The molecular formula is C13H20N2O3. The molecule has 1 aromatic rings. The van der Waals surface area contributed by atoms with Gasteiger partial charge < -0.3 is 20.1 Å². The van der Waals surface area contributed by atoms with Crippen molar-refractivity contribution in [3.63, 3.8) is 0 Å². The summed E-state index contributed by atoms with van der Waals surface area (Å²) in [5.41, 5.74) is 1.06. The SMILES string of the molecule is COc1ccc(CNCCNC(C)=O)c(OC)c1. The molecule has 0 saturated heterocycles. The summed E-state index contributed by atoms with van der Waals surface area (Å²) in [6.07, 6.45) is 0. The third-order valence-electron chi connectivity index (χ3n) is 2.49. The topological polar surface area (TPSA) is 59.6 Å². The van der Waals surface area contributed by atoms with Crippen LogP contribution in [0.5, 0.6) is 11.5 Å². The third kappa shape index (κ3) is 4.63. The fourth-order valence-electron chi connectivity index (χ4n) is 1.55. The van der Waals surface area contributed by atoms with Gasteiger partial charge in [-0.2, -0.15) is 0 Å². The molecule has 2 N–H and O–H groups in total. The molecule has 0 unspecified atom stereocenters. The Morgan fingerprint density at radius 1 is 1.22 bits per heavy atom. The molecule has 0 aliphatic carbocycles. The highest BCUT2D eigenvalue weighted by atomic mass is 16.5. The van der Waals surface area contributed by atoms with E-state index in [9.17, 15) is 4.79 Å². The van der Waals surface area contributed by atoms with Crippen LogP contribution in [-0.2, 0) is 11.3 Å². The van der Waals surface area contributed by atoms with E-state index in [1.165, 1.54) is 6.92 Å². The van der Waals surface area contributed by atoms with E-state index in [4.69, 9.17) is 9.47 Å². The number of carbonyl (C=O) groups is 1. The first-order chi connectivity index (χ1) is 8.67. The van der Waals surface area contributed by atoms with Crippen molar-refractivity contribution in [1.82, 2.24) is 10.6 Å². The smallest absolute Gasteiger partial charge is 0.216 e. The molecule has 1 amide bonds. The number of benzene rings is 1. The zero-order valence-electron chi connectivity index (χ0n) is 11.1. The van der Waals surface area contributed by atoms with Crippen molar-refractivity contribution >= 4 is 5.91 Å². The predicted octanol–water partition coefficient (Wildman–Crippen LogP) is 0.929. The molecule has 0 spiro atoms. The van der Waals surface area contributed by atoms with E-state index in [2.05, 4.69) is 10.6 Å². The van der Waals surface area contributed by atoms with E-state index in [1.54, 1.807) is 14.2 Å². The molecule has 0 fully saturated rings. The zero-order valence-corrected chi connectivity index (χ0v) is 11.1. The van der Waals surface area contributed by atoms with Gasteiger partial charge in [-0.25, -0.2) is 0 Å². The van der Waals surface area contributed by atoms with Gasteiger partial charge in [0, 0.05) is 38.2 Å². The minimum absolute atomic E-state index is 0.0150. The van der Waals surface area contributed by atoms with Gasteiger partial charge in [0.2, 0.25) is 5.91 Å². The molecule has 0 radical (unpaired) electrons. The van der Waals surface area contributed by atoms with Crippen molar-refractivity contribution in [2.45, 2.75) is 13.5 Å². The number of hydrogen-bond donors (Lipinski definition) is 2. The number of nitrogens with one attached hydrogen (secondary N) is 2. The van der Waals surface area contributed by atoms with Gasteiger partial charge in [0.15, 0.2) is 0 Å². The largest absolute Gasteiger partial charge is 0.497 e. The van der Waals surface area contributed by atoms with Crippen LogP contribution in [0.15, 0.2) is 18.2 Å². The summed E-state index contributed by atoms with van der Waals surface area (Å²) in [5.74, 6) is 1.55. The van der Waals surface area contributed by atoms with Gasteiger partial charge in [-0.05, 0) is 6.07 Å².